The Balaban J connectivity index is 2.18. The van der Waals surface area contributed by atoms with Crippen molar-refractivity contribution in [2.45, 2.75) is 26.1 Å². The number of rotatable bonds is 2. The summed E-state index contributed by atoms with van der Waals surface area (Å²) in [6.07, 6.45) is -0.283. The van der Waals surface area contributed by atoms with Crippen LogP contribution in [0.15, 0.2) is 0 Å². The molecule has 1 unspecified atom stereocenters. The van der Waals surface area contributed by atoms with E-state index in [2.05, 4.69) is 0 Å². The van der Waals surface area contributed by atoms with Crippen molar-refractivity contribution in [3.05, 3.63) is 0 Å². The Bertz CT molecular complexity index is 115. The lowest BCUT2D eigenvalue weighted by Gasteiger charge is -2.04. The van der Waals surface area contributed by atoms with Crippen molar-refractivity contribution in [3.8, 4) is 0 Å². The van der Waals surface area contributed by atoms with Gasteiger partial charge in [-0.2, -0.15) is 0 Å². The molecule has 0 aliphatic carbocycles. The van der Waals surface area contributed by atoms with Crippen LogP contribution in [0.2, 0.25) is 0 Å². The molecule has 3 nitrogen and oxygen atoms in total. The molecule has 3 heteroatoms. The fraction of sp³-hybridized carbons (Fsp3) is 0.833. The van der Waals surface area contributed by atoms with E-state index in [-0.39, 0.29) is 18.2 Å². The number of esters is 1. The largest absolute Gasteiger partial charge is 0.461 e. The molecule has 9 heavy (non-hydrogen) atoms. The van der Waals surface area contributed by atoms with Crippen LogP contribution in [-0.2, 0) is 14.3 Å². The number of carbonyl (C=O) groups excluding carboxylic acids is 1. The highest BCUT2D eigenvalue weighted by Gasteiger charge is 2.33. The average molecular weight is 130 g/mol. The molecule has 1 aliphatic rings. The van der Waals surface area contributed by atoms with Gasteiger partial charge in [0.15, 0.2) is 6.10 Å². The van der Waals surface area contributed by atoms with Crippen molar-refractivity contribution in [1.82, 2.24) is 0 Å². The van der Waals surface area contributed by atoms with E-state index in [1.54, 1.807) is 0 Å². The second kappa shape index (κ2) is 2.35. The van der Waals surface area contributed by atoms with E-state index >= 15 is 0 Å². The van der Waals surface area contributed by atoms with Crippen molar-refractivity contribution in [1.29, 1.82) is 0 Å². The van der Waals surface area contributed by atoms with Gasteiger partial charge < -0.3 is 9.47 Å². The Hall–Kier alpha value is -0.570. The minimum absolute atomic E-state index is 0.0262. The Labute approximate surface area is 53.9 Å². The van der Waals surface area contributed by atoms with E-state index in [4.69, 9.17) is 9.47 Å². The van der Waals surface area contributed by atoms with Gasteiger partial charge >= 0.3 is 5.97 Å². The van der Waals surface area contributed by atoms with Crippen LogP contribution in [0.4, 0.5) is 0 Å². The molecule has 0 N–H and O–H groups in total. The smallest absolute Gasteiger partial charge is 0.337 e. The maximum absolute atomic E-state index is 10.7. The second-order valence-corrected chi connectivity index (χ2v) is 2.31. The van der Waals surface area contributed by atoms with E-state index in [1.165, 1.54) is 0 Å². The molecular formula is C6H10O3. The van der Waals surface area contributed by atoms with Crippen LogP contribution in [0.3, 0.4) is 0 Å². The third-order valence-electron chi connectivity index (χ3n) is 0.948. The molecule has 1 fully saturated rings. The van der Waals surface area contributed by atoms with Crippen molar-refractivity contribution in [2.75, 3.05) is 6.61 Å². The number of hydrogen-bond donors (Lipinski definition) is 0. The lowest BCUT2D eigenvalue weighted by atomic mass is 10.4. The van der Waals surface area contributed by atoms with Gasteiger partial charge in [0.1, 0.15) is 0 Å². The molecule has 0 amide bonds. The van der Waals surface area contributed by atoms with Crippen molar-refractivity contribution < 1.29 is 14.3 Å². The van der Waals surface area contributed by atoms with Gasteiger partial charge in [0.05, 0.1) is 12.7 Å². The van der Waals surface area contributed by atoms with Gasteiger partial charge in [-0.05, 0) is 13.8 Å². The van der Waals surface area contributed by atoms with E-state index in [0.29, 0.717) is 6.61 Å². The molecule has 52 valence electrons. The second-order valence-electron chi connectivity index (χ2n) is 2.31. The molecule has 1 atom stereocenters. The fourth-order valence-corrected chi connectivity index (χ4v) is 0.492. The molecule has 0 spiro atoms. The first-order valence-corrected chi connectivity index (χ1v) is 3.02. The zero-order valence-electron chi connectivity index (χ0n) is 5.59. The molecule has 1 heterocycles. The topological polar surface area (TPSA) is 38.8 Å². The molecule has 0 bridgehead atoms. The Morgan fingerprint density at radius 3 is 2.67 bits per heavy atom. The van der Waals surface area contributed by atoms with Crippen LogP contribution in [0, 0.1) is 0 Å². The predicted octanol–water partition coefficient (Wildman–Crippen LogP) is 0.337. The molecule has 1 rings (SSSR count). The van der Waals surface area contributed by atoms with E-state index in [1.807, 2.05) is 13.8 Å². The summed E-state index contributed by atoms with van der Waals surface area (Å²) in [4.78, 5) is 10.7. The van der Waals surface area contributed by atoms with Gasteiger partial charge in [-0.3, -0.25) is 0 Å². The molecule has 0 aromatic heterocycles. The highest BCUT2D eigenvalue weighted by Crippen LogP contribution is 2.11. The molecule has 0 radical (unpaired) electrons. The summed E-state index contributed by atoms with van der Waals surface area (Å²) in [5, 5.41) is 0. The molecule has 1 aliphatic heterocycles. The zero-order valence-corrected chi connectivity index (χ0v) is 5.59. The van der Waals surface area contributed by atoms with Gasteiger partial charge in [0, 0.05) is 0 Å². The average Bonchev–Trinajstić information content (AvgIpc) is 2.40. The molecule has 0 aromatic rings. The van der Waals surface area contributed by atoms with Gasteiger partial charge in [0.25, 0.3) is 0 Å². The summed E-state index contributed by atoms with van der Waals surface area (Å²) in [7, 11) is 0. The van der Waals surface area contributed by atoms with Gasteiger partial charge in [-0.15, -0.1) is 0 Å². The third-order valence-corrected chi connectivity index (χ3v) is 0.948. The van der Waals surface area contributed by atoms with E-state index in [9.17, 15) is 4.79 Å². The number of hydrogen-bond acceptors (Lipinski definition) is 3. The monoisotopic (exact) mass is 130 g/mol. The summed E-state index contributed by atoms with van der Waals surface area (Å²) in [5.41, 5.74) is 0. The Morgan fingerprint density at radius 1 is 1.78 bits per heavy atom. The van der Waals surface area contributed by atoms with E-state index < -0.39 is 0 Å². The summed E-state index contributed by atoms with van der Waals surface area (Å²) < 4.78 is 9.51. The first kappa shape index (κ1) is 6.55. The van der Waals surface area contributed by atoms with Crippen LogP contribution >= 0.6 is 0 Å². The van der Waals surface area contributed by atoms with Crippen LogP contribution in [-0.4, -0.2) is 24.8 Å². The lowest BCUT2D eigenvalue weighted by molar-refractivity contribution is -0.148. The van der Waals surface area contributed by atoms with Crippen molar-refractivity contribution in [2.24, 2.45) is 0 Å². The first-order valence-electron chi connectivity index (χ1n) is 3.02. The Kier molecular flexibility index (Phi) is 1.71. The molecule has 0 aromatic carbocycles. The fourth-order valence-electron chi connectivity index (χ4n) is 0.492. The van der Waals surface area contributed by atoms with Crippen molar-refractivity contribution in [3.63, 3.8) is 0 Å². The van der Waals surface area contributed by atoms with Crippen LogP contribution in [0.25, 0.3) is 0 Å². The zero-order chi connectivity index (χ0) is 6.85. The maximum atomic E-state index is 10.7. The maximum Gasteiger partial charge on any atom is 0.337 e. The molecule has 0 saturated carbocycles. The van der Waals surface area contributed by atoms with E-state index in [0.717, 1.165) is 0 Å². The summed E-state index contributed by atoms with van der Waals surface area (Å²) >= 11 is 0. The van der Waals surface area contributed by atoms with Gasteiger partial charge in [0.2, 0.25) is 0 Å². The predicted molar refractivity (Wildman–Crippen MR) is 31.0 cm³/mol. The highest BCUT2D eigenvalue weighted by atomic mass is 16.6. The lowest BCUT2D eigenvalue weighted by Crippen LogP contribution is -2.16. The Morgan fingerprint density at radius 2 is 2.33 bits per heavy atom. The van der Waals surface area contributed by atoms with Crippen LogP contribution < -0.4 is 0 Å². The summed E-state index contributed by atoms with van der Waals surface area (Å²) in [6, 6.07) is 0. The van der Waals surface area contributed by atoms with Gasteiger partial charge in [-0.1, -0.05) is 0 Å². The third kappa shape index (κ3) is 2.01. The normalized spacial score (nSPS) is 24.1. The molecular weight excluding hydrogens is 120 g/mol. The molecule has 1 saturated heterocycles. The quantitative estimate of drug-likeness (QED) is 0.399. The number of ether oxygens (including phenoxy) is 2. The van der Waals surface area contributed by atoms with Gasteiger partial charge in [-0.25, -0.2) is 4.79 Å². The van der Waals surface area contributed by atoms with Crippen LogP contribution in [0.1, 0.15) is 13.8 Å². The number of epoxide rings is 1. The summed E-state index contributed by atoms with van der Waals surface area (Å²) in [6.45, 7) is 4.17. The minimum Gasteiger partial charge on any atom is -0.461 e. The first-order chi connectivity index (χ1) is 4.20. The standard InChI is InChI=1S/C6H10O3/c1-4(2)9-6(7)5-3-8-5/h4-5H,3H2,1-2H3. The summed E-state index contributed by atoms with van der Waals surface area (Å²) in [5.74, 6) is -0.231. The highest BCUT2D eigenvalue weighted by molar-refractivity contribution is 5.77. The van der Waals surface area contributed by atoms with Crippen LogP contribution in [0.5, 0.6) is 0 Å². The SMILES string of the molecule is CC(C)OC(=O)C1CO1. The number of carbonyl (C=O) groups is 1. The van der Waals surface area contributed by atoms with Crippen molar-refractivity contribution >= 4 is 5.97 Å². The minimum atomic E-state index is -0.257.